The average Bonchev–Trinajstić information content (AvgIpc) is 2.37. The Morgan fingerprint density at radius 3 is 2.84 bits per heavy atom. The number of amides is 1. The predicted octanol–water partition coefficient (Wildman–Crippen LogP) is 2.95. The van der Waals surface area contributed by atoms with Gasteiger partial charge in [0.1, 0.15) is 16.9 Å². The van der Waals surface area contributed by atoms with Gasteiger partial charge in [0.2, 0.25) is 0 Å². The van der Waals surface area contributed by atoms with Crippen molar-refractivity contribution in [3.05, 3.63) is 33.1 Å². The maximum absolute atomic E-state index is 11.9. The van der Waals surface area contributed by atoms with Crippen LogP contribution in [0.4, 0.5) is 5.69 Å². The quantitative estimate of drug-likeness (QED) is 0.361. The van der Waals surface area contributed by atoms with Gasteiger partial charge in [-0.15, -0.1) is 0 Å². The molecule has 1 heterocycles. The second-order valence-electron chi connectivity index (χ2n) is 4.10. The summed E-state index contributed by atoms with van der Waals surface area (Å²) in [5.41, 5.74) is -0.393. The molecule has 0 radical (unpaired) electrons. The number of hydrogen-bond donors (Lipinski definition) is 1. The number of nitrogens with one attached hydrogen (secondary N) is 1. The number of pyridine rings is 1. The average molecular weight is 286 g/mol. The molecule has 0 spiro atoms. The summed E-state index contributed by atoms with van der Waals surface area (Å²) in [4.78, 5) is 25.6. The van der Waals surface area contributed by atoms with Crippen molar-refractivity contribution in [3.8, 4) is 0 Å². The van der Waals surface area contributed by atoms with E-state index in [2.05, 4.69) is 17.2 Å². The number of hydrogen-bond acceptors (Lipinski definition) is 4. The molecular formula is C12H16ClN3O3. The first-order chi connectivity index (χ1) is 9.06. The van der Waals surface area contributed by atoms with E-state index in [1.807, 2.05) is 0 Å². The van der Waals surface area contributed by atoms with Crippen LogP contribution in [0.25, 0.3) is 0 Å². The summed E-state index contributed by atoms with van der Waals surface area (Å²) in [6.07, 6.45) is 5.09. The molecule has 0 aromatic carbocycles. The van der Waals surface area contributed by atoms with Crippen LogP contribution in [0.2, 0.25) is 5.15 Å². The van der Waals surface area contributed by atoms with Crippen molar-refractivity contribution in [3.63, 3.8) is 0 Å². The van der Waals surface area contributed by atoms with Gasteiger partial charge in [-0.05, 0) is 12.5 Å². The molecule has 1 N–H and O–H groups in total. The van der Waals surface area contributed by atoms with E-state index in [4.69, 9.17) is 11.6 Å². The molecule has 104 valence electrons. The van der Waals surface area contributed by atoms with Crippen LogP contribution in [-0.4, -0.2) is 22.4 Å². The highest BCUT2D eigenvalue weighted by Crippen LogP contribution is 2.20. The summed E-state index contributed by atoms with van der Waals surface area (Å²) < 4.78 is 0. The molecule has 7 heteroatoms. The minimum absolute atomic E-state index is 0.0551. The molecule has 6 nitrogen and oxygen atoms in total. The molecule has 0 aliphatic carbocycles. The molecule has 0 saturated heterocycles. The zero-order valence-corrected chi connectivity index (χ0v) is 11.4. The lowest BCUT2D eigenvalue weighted by atomic mass is 10.2. The second-order valence-corrected chi connectivity index (χ2v) is 4.49. The molecule has 19 heavy (non-hydrogen) atoms. The van der Waals surface area contributed by atoms with E-state index in [1.165, 1.54) is 6.07 Å². The third-order valence-corrected chi connectivity index (χ3v) is 2.81. The largest absolute Gasteiger partial charge is 0.352 e. The molecule has 1 aromatic heterocycles. The molecule has 0 fully saturated rings. The van der Waals surface area contributed by atoms with E-state index in [9.17, 15) is 14.9 Å². The highest BCUT2D eigenvalue weighted by molar-refractivity contribution is 6.29. The summed E-state index contributed by atoms with van der Waals surface area (Å²) in [7, 11) is 0. The van der Waals surface area contributed by atoms with Crippen LogP contribution < -0.4 is 5.32 Å². The fraction of sp³-hybridized carbons (Fsp3) is 0.500. The fourth-order valence-electron chi connectivity index (χ4n) is 1.60. The van der Waals surface area contributed by atoms with Crippen LogP contribution in [0.5, 0.6) is 0 Å². The summed E-state index contributed by atoms with van der Waals surface area (Å²) in [5.74, 6) is -0.493. The predicted molar refractivity (Wildman–Crippen MR) is 72.4 cm³/mol. The Kier molecular flexibility index (Phi) is 6.21. The van der Waals surface area contributed by atoms with Gasteiger partial charge >= 0.3 is 0 Å². The van der Waals surface area contributed by atoms with Gasteiger partial charge in [0.25, 0.3) is 11.6 Å². The van der Waals surface area contributed by atoms with Gasteiger partial charge in [-0.2, -0.15) is 0 Å². The lowest BCUT2D eigenvalue weighted by molar-refractivity contribution is -0.385. The third kappa shape index (κ3) is 4.82. The van der Waals surface area contributed by atoms with Gasteiger partial charge in [0.05, 0.1) is 4.92 Å². The minimum atomic E-state index is -0.644. The van der Waals surface area contributed by atoms with E-state index in [-0.39, 0.29) is 16.4 Å². The zero-order valence-electron chi connectivity index (χ0n) is 10.7. The van der Waals surface area contributed by atoms with Crippen molar-refractivity contribution in [2.24, 2.45) is 0 Å². The van der Waals surface area contributed by atoms with Crippen LogP contribution in [0.1, 0.15) is 43.0 Å². The SMILES string of the molecule is CCCCCCNC(=O)c1cc(Cl)ncc1[N+](=O)[O-]. The summed E-state index contributed by atoms with van der Waals surface area (Å²) in [5, 5.41) is 13.5. The second kappa shape index (κ2) is 7.68. The zero-order chi connectivity index (χ0) is 14.3. The number of nitro groups is 1. The van der Waals surface area contributed by atoms with Gasteiger partial charge < -0.3 is 5.32 Å². The van der Waals surface area contributed by atoms with Gasteiger partial charge in [0.15, 0.2) is 0 Å². The van der Waals surface area contributed by atoms with Crippen molar-refractivity contribution in [1.82, 2.24) is 10.3 Å². The molecule has 1 rings (SSSR count). The van der Waals surface area contributed by atoms with Crippen molar-refractivity contribution >= 4 is 23.2 Å². The number of carbonyl (C=O) groups is 1. The highest BCUT2D eigenvalue weighted by Gasteiger charge is 2.20. The number of rotatable bonds is 7. The van der Waals surface area contributed by atoms with E-state index < -0.39 is 10.8 Å². The molecular weight excluding hydrogens is 270 g/mol. The number of carbonyl (C=O) groups excluding carboxylic acids is 1. The molecule has 1 amide bonds. The lowest BCUT2D eigenvalue weighted by Crippen LogP contribution is -2.25. The number of unbranched alkanes of at least 4 members (excludes halogenated alkanes) is 3. The first-order valence-corrected chi connectivity index (χ1v) is 6.52. The fourth-order valence-corrected chi connectivity index (χ4v) is 1.76. The molecule has 0 aliphatic rings. The lowest BCUT2D eigenvalue weighted by Gasteiger charge is -2.05. The first kappa shape index (κ1) is 15.4. The first-order valence-electron chi connectivity index (χ1n) is 6.14. The van der Waals surface area contributed by atoms with Crippen LogP contribution in [0.15, 0.2) is 12.3 Å². The van der Waals surface area contributed by atoms with Crippen LogP contribution in [-0.2, 0) is 0 Å². The van der Waals surface area contributed by atoms with Crippen LogP contribution >= 0.6 is 11.6 Å². The van der Waals surface area contributed by atoms with Crippen molar-refractivity contribution in [1.29, 1.82) is 0 Å². The Morgan fingerprint density at radius 2 is 2.21 bits per heavy atom. The number of aromatic nitrogens is 1. The Morgan fingerprint density at radius 1 is 1.47 bits per heavy atom. The highest BCUT2D eigenvalue weighted by atomic mass is 35.5. The van der Waals surface area contributed by atoms with Gasteiger partial charge in [0, 0.05) is 6.54 Å². The molecule has 0 saturated carbocycles. The Labute approximate surface area is 116 Å². The normalized spacial score (nSPS) is 10.2. The third-order valence-electron chi connectivity index (χ3n) is 2.61. The van der Waals surface area contributed by atoms with Crippen molar-refractivity contribution in [2.75, 3.05) is 6.54 Å². The summed E-state index contributed by atoms with van der Waals surface area (Å²) in [6, 6.07) is 1.21. The van der Waals surface area contributed by atoms with Gasteiger partial charge in [-0.1, -0.05) is 37.8 Å². The van der Waals surface area contributed by atoms with Crippen molar-refractivity contribution < 1.29 is 9.72 Å². The van der Waals surface area contributed by atoms with Gasteiger partial charge in [-0.25, -0.2) is 4.98 Å². The summed E-state index contributed by atoms with van der Waals surface area (Å²) >= 11 is 5.65. The summed E-state index contributed by atoms with van der Waals surface area (Å²) in [6.45, 7) is 2.59. The maximum atomic E-state index is 11.9. The molecule has 0 bridgehead atoms. The van der Waals surface area contributed by atoms with Crippen LogP contribution in [0.3, 0.4) is 0 Å². The molecule has 0 unspecified atom stereocenters. The monoisotopic (exact) mass is 285 g/mol. The van der Waals surface area contributed by atoms with Gasteiger partial charge in [-0.3, -0.25) is 14.9 Å². The standard InChI is InChI=1S/C12H16ClN3O3/c1-2-3-4-5-6-14-12(17)9-7-11(13)15-8-10(9)16(18)19/h7-8H,2-6H2,1H3,(H,14,17). The van der Waals surface area contributed by atoms with E-state index >= 15 is 0 Å². The van der Waals surface area contributed by atoms with Crippen molar-refractivity contribution in [2.45, 2.75) is 32.6 Å². The maximum Gasteiger partial charge on any atom is 0.300 e. The Balaban J connectivity index is 2.65. The van der Waals surface area contributed by atoms with Crippen LogP contribution in [0, 0.1) is 10.1 Å². The minimum Gasteiger partial charge on any atom is -0.352 e. The smallest absolute Gasteiger partial charge is 0.300 e. The molecule has 0 atom stereocenters. The Hall–Kier alpha value is -1.69. The topological polar surface area (TPSA) is 85.1 Å². The molecule has 1 aromatic rings. The van der Waals surface area contributed by atoms with E-state index in [1.54, 1.807) is 0 Å². The Bertz CT molecular complexity index is 466. The molecule has 0 aliphatic heterocycles. The number of nitrogens with zero attached hydrogens (tertiary/aromatic N) is 2. The number of halogens is 1. The van der Waals surface area contributed by atoms with E-state index in [0.29, 0.717) is 6.54 Å². The van der Waals surface area contributed by atoms with E-state index in [0.717, 1.165) is 31.9 Å².